The zero-order chi connectivity index (χ0) is 25.2. The van der Waals surface area contributed by atoms with Crippen molar-refractivity contribution in [3.05, 3.63) is 47.8 Å². The number of imidazole rings is 1. The second-order valence-electron chi connectivity index (χ2n) is 9.47. The quantitative estimate of drug-likeness (QED) is 0.385. The predicted octanol–water partition coefficient (Wildman–Crippen LogP) is 7.29. The molecule has 1 fully saturated rings. The van der Waals surface area contributed by atoms with Crippen LogP contribution in [0.2, 0.25) is 0 Å². The molecule has 35 heavy (non-hydrogen) atoms. The van der Waals surface area contributed by atoms with Crippen molar-refractivity contribution in [2.45, 2.75) is 72.1 Å². The van der Waals surface area contributed by atoms with Gasteiger partial charge in [-0.25, -0.2) is 9.37 Å². The second kappa shape index (κ2) is 13.3. The van der Waals surface area contributed by atoms with Crippen LogP contribution >= 0.6 is 0 Å². The van der Waals surface area contributed by atoms with Crippen molar-refractivity contribution in [3.63, 3.8) is 0 Å². The highest BCUT2D eigenvalue weighted by Gasteiger charge is 2.23. The van der Waals surface area contributed by atoms with Gasteiger partial charge >= 0.3 is 0 Å². The van der Waals surface area contributed by atoms with Gasteiger partial charge in [0, 0.05) is 25.1 Å². The molecule has 6 heteroatoms. The molecule has 190 valence electrons. The summed E-state index contributed by atoms with van der Waals surface area (Å²) < 4.78 is 19.0. The Labute approximate surface area is 209 Å². The summed E-state index contributed by atoms with van der Waals surface area (Å²) in [5.74, 6) is 1.73. The number of H-pyrrole nitrogens is 1. The van der Waals surface area contributed by atoms with Gasteiger partial charge in [0.1, 0.15) is 17.4 Å². The summed E-state index contributed by atoms with van der Waals surface area (Å²) in [4.78, 5) is 22.0. The molecule has 1 aliphatic rings. The maximum absolute atomic E-state index is 13.8. The number of rotatable bonds is 7. The fourth-order valence-electron chi connectivity index (χ4n) is 4.70. The fourth-order valence-corrected chi connectivity index (χ4v) is 4.70. The first kappa shape index (κ1) is 26.7. The van der Waals surface area contributed by atoms with Gasteiger partial charge in [0.25, 0.3) is 0 Å². The molecule has 0 spiro atoms. The van der Waals surface area contributed by atoms with E-state index in [9.17, 15) is 9.18 Å². The van der Waals surface area contributed by atoms with Gasteiger partial charge in [-0.05, 0) is 56.9 Å². The Morgan fingerprint density at radius 1 is 1.06 bits per heavy atom. The number of methoxy groups -OCH3 is 1. The summed E-state index contributed by atoms with van der Waals surface area (Å²) >= 11 is 0. The highest BCUT2D eigenvalue weighted by atomic mass is 19.1. The molecule has 1 saturated heterocycles. The van der Waals surface area contributed by atoms with Gasteiger partial charge in [-0.2, -0.15) is 0 Å². The minimum Gasteiger partial charge on any atom is -0.497 e. The van der Waals surface area contributed by atoms with E-state index in [-0.39, 0.29) is 5.82 Å². The van der Waals surface area contributed by atoms with Crippen LogP contribution in [-0.2, 0) is 4.79 Å². The van der Waals surface area contributed by atoms with Gasteiger partial charge in [0.15, 0.2) is 0 Å². The highest BCUT2D eigenvalue weighted by molar-refractivity contribution is 5.81. The lowest BCUT2D eigenvalue weighted by molar-refractivity contribution is -0.136. The third kappa shape index (κ3) is 7.30. The van der Waals surface area contributed by atoms with Crippen molar-refractivity contribution >= 4 is 16.9 Å². The molecule has 0 bridgehead atoms. The zero-order valence-corrected chi connectivity index (χ0v) is 21.7. The lowest BCUT2D eigenvalue weighted by Gasteiger charge is -2.25. The van der Waals surface area contributed by atoms with Crippen molar-refractivity contribution in [1.29, 1.82) is 0 Å². The van der Waals surface area contributed by atoms with E-state index >= 15 is 0 Å². The van der Waals surface area contributed by atoms with Crippen LogP contribution in [0, 0.1) is 18.7 Å². The first-order valence-electron chi connectivity index (χ1n) is 13.1. The van der Waals surface area contributed by atoms with E-state index < -0.39 is 0 Å². The number of aromatic nitrogens is 2. The zero-order valence-electron chi connectivity index (χ0n) is 21.7. The number of hydrogen-bond donors (Lipinski definition) is 1. The van der Waals surface area contributed by atoms with Gasteiger partial charge in [-0.1, -0.05) is 51.2 Å². The van der Waals surface area contributed by atoms with Gasteiger partial charge in [0.2, 0.25) is 5.91 Å². The van der Waals surface area contributed by atoms with E-state index in [2.05, 4.69) is 28.7 Å². The molecule has 0 atom stereocenters. The lowest BCUT2D eigenvalue weighted by atomic mass is 9.96. The number of carbonyl (C=O) groups excluding carboxylic acids is 1. The van der Waals surface area contributed by atoms with E-state index in [0.717, 1.165) is 61.1 Å². The Bertz CT molecular complexity index is 1080. The molecule has 1 aromatic heterocycles. The number of fused-ring (bicyclic) bond motifs is 1. The maximum atomic E-state index is 13.8. The summed E-state index contributed by atoms with van der Waals surface area (Å²) in [6.45, 7) is 8.29. The molecule has 3 aromatic rings. The van der Waals surface area contributed by atoms with E-state index in [0.29, 0.717) is 23.2 Å². The number of nitrogens with zero attached hydrogens (tertiary/aromatic N) is 2. The molecule has 1 N–H and O–H groups in total. The molecule has 2 heterocycles. The molecule has 1 aliphatic heterocycles. The Morgan fingerprint density at radius 3 is 2.37 bits per heavy atom. The monoisotopic (exact) mass is 481 g/mol. The number of aromatic amines is 1. The summed E-state index contributed by atoms with van der Waals surface area (Å²) in [6.07, 6.45) is 9.42. The SMILES string of the molecule is CCCC(CCC)C(=O)N1CCCCCC1.COc1ccc2nc(-c3cc(C)ccc3F)[nH]c2c1. The summed E-state index contributed by atoms with van der Waals surface area (Å²) in [7, 11) is 1.61. The van der Waals surface area contributed by atoms with Crippen molar-refractivity contribution in [2.24, 2.45) is 5.92 Å². The molecule has 0 aliphatic carbocycles. The molecule has 2 aromatic carbocycles. The van der Waals surface area contributed by atoms with Crippen molar-refractivity contribution < 1.29 is 13.9 Å². The van der Waals surface area contributed by atoms with Crippen LogP contribution in [0.1, 0.15) is 70.8 Å². The van der Waals surface area contributed by atoms with Gasteiger partial charge in [-0.15, -0.1) is 0 Å². The average molecular weight is 482 g/mol. The molecule has 4 rings (SSSR count). The third-order valence-electron chi connectivity index (χ3n) is 6.61. The number of carbonyl (C=O) groups is 1. The standard InChI is InChI=1S/C15H13FN2O.C14H27NO/c1-9-3-5-12(16)11(7-9)15-17-13-6-4-10(19-2)8-14(13)18-15;1-3-9-13(10-4-2)14(16)15-11-7-5-6-8-12-15/h3-8H,1-2H3,(H,17,18);13H,3-12H2,1-2H3. The van der Waals surface area contributed by atoms with Crippen molar-refractivity contribution in [2.75, 3.05) is 20.2 Å². The number of nitrogens with one attached hydrogen (secondary N) is 1. The highest BCUT2D eigenvalue weighted by Crippen LogP contribution is 2.26. The predicted molar refractivity (Wildman–Crippen MR) is 141 cm³/mol. The number of aryl methyl sites for hydroxylation is 1. The summed E-state index contributed by atoms with van der Waals surface area (Å²) in [6, 6.07) is 10.5. The minimum atomic E-state index is -0.281. The molecule has 1 amide bonds. The lowest BCUT2D eigenvalue weighted by Crippen LogP contribution is -2.36. The topological polar surface area (TPSA) is 58.2 Å². The van der Waals surface area contributed by atoms with Gasteiger partial charge < -0.3 is 14.6 Å². The number of hydrogen-bond acceptors (Lipinski definition) is 3. The Balaban J connectivity index is 0.000000199. The number of ether oxygens (including phenoxy) is 1. The smallest absolute Gasteiger partial charge is 0.225 e. The normalized spacial score (nSPS) is 13.9. The Hall–Kier alpha value is -2.89. The first-order chi connectivity index (χ1) is 17.0. The third-order valence-corrected chi connectivity index (χ3v) is 6.61. The number of halogens is 1. The first-order valence-corrected chi connectivity index (χ1v) is 13.1. The van der Waals surface area contributed by atoms with Crippen LogP contribution in [0.15, 0.2) is 36.4 Å². The number of likely N-dealkylation sites (tertiary alicyclic amines) is 1. The van der Waals surface area contributed by atoms with E-state index in [1.165, 1.54) is 31.7 Å². The molecule has 0 saturated carbocycles. The molecule has 0 unspecified atom stereocenters. The maximum Gasteiger partial charge on any atom is 0.225 e. The summed E-state index contributed by atoms with van der Waals surface area (Å²) in [5, 5.41) is 0. The largest absolute Gasteiger partial charge is 0.497 e. The molecule has 0 radical (unpaired) electrons. The van der Waals surface area contributed by atoms with Gasteiger partial charge in [-0.3, -0.25) is 4.79 Å². The van der Waals surface area contributed by atoms with Crippen LogP contribution in [-0.4, -0.2) is 41.0 Å². The summed E-state index contributed by atoms with van der Waals surface area (Å²) in [5.41, 5.74) is 3.09. The van der Waals surface area contributed by atoms with Crippen LogP contribution in [0.3, 0.4) is 0 Å². The minimum absolute atomic E-state index is 0.281. The van der Waals surface area contributed by atoms with Crippen LogP contribution in [0.4, 0.5) is 4.39 Å². The fraction of sp³-hybridized carbons (Fsp3) is 0.517. The molecule has 5 nitrogen and oxygen atoms in total. The van der Waals surface area contributed by atoms with E-state index in [1.54, 1.807) is 19.2 Å². The molecular weight excluding hydrogens is 441 g/mol. The number of amides is 1. The Kier molecular flexibility index (Phi) is 10.1. The van der Waals surface area contributed by atoms with Crippen LogP contribution < -0.4 is 4.74 Å². The average Bonchev–Trinajstić information content (AvgIpc) is 3.09. The number of benzene rings is 2. The second-order valence-corrected chi connectivity index (χ2v) is 9.47. The van der Waals surface area contributed by atoms with Crippen LogP contribution in [0.5, 0.6) is 5.75 Å². The van der Waals surface area contributed by atoms with E-state index in [4.69, 9.17) is 4.74 Å². The van der Waals surface area contributed by atoms with Crippen molar-refractivity contribution in [1.82, 2.24) is 14.9 Å². The van der Waals surface area contributed by atoms with Gasteiger partial charge in [0.05, 0.1) is 23.7 Å². The van der Waals surface area contributed by atoms with E-state index in [1.807, 2.05) is 25.1 Å². The Morgan fingerprint density at radius 2 is 1.74 bits per heavy atom. The van der Waals surface area contributed by atoms with Crippen LogP contribution in [0.25, 0.3) is 22.4 Å². The molecular formula is C29H40FN3O2. The van der Waals surface area contributed by atoms with Crippen molar-refractivity contribution in [3.8, 4) is 17.1 Å².